The van der Waals surface area contributed by atoms with Crippen LogP contribution in [0.5, 0.6) is 0 Å². The van der Waals surface area contributed by atoms with Gasteiger partial charge in [-0.25, -0.2) is 0 Å². The molecule has 2 aromatic rings. The molecule has 0 bridgehead atoms. The van der Waals surface area contributed by atoms with Gasteiger partial charge in [0.15, 0.2) is 0 Å². The van der Waals surface area contributed by atoms with E-state index in [1.807, 2.05) is 24.5 Å². The molecule has 0 aliphatic rings. The van der Waals surface area contributed by atoms with Gasteiger partial charge >= 0.3 is 0 Å². The molecule has 0 saturated carbocycles. The summed E-state index contributed by atoms with van der Waals surface area (Å²) in [5.41, 5.74) is 2.41. The molecule has 2 heterocycles. The molecule has 0 saturated heterocycles. The Labute approximate surface area is 89.6 Å². The van der Waals surface area contributed by atoms with Crippen molar-refractivity contribution in [2.75, 3.05) is 0 Å². The molecule has 0 aliphatic carbocycles. The zero-order chi connectivity index (χ0) is 10.5. The zero-order valence-corrected chi connectivity index (χ0v) is 8.77. The van der Waals surface area contributed by atoms with Crippen LogP contribution in [0, 0.1) is 0 Å². The minimum atomic E-state index is 0.321. The van der Waals surface area contributed by atoms with Crippen LogP contribution in [0.2, 0.25) is 0 Å². The van der Waals surface area contributed by atoms with Crippen molar-refractivity contribution in [1.82, 2.24) is 15.3 Å². The highest BCUT2D eigenvalue weighted by atomic mass is 14.9. The molecule has 0 aromatic carbocycles. The Balaban J connectivity index is 1.90. The van der Waals surface area contributed by atoms with E-state index in [9.17, 15) is 0 Å². The van der Waals surface area contributed by atoms with Crippen molar-refractivity contribution in [3.8, 4) is 0 Å². The highest BCUT2D eigenvalue weighted by Gasteiger charge is 2.03. The fourth-order valence-corrected chi connectivity index (χ4v) is 1.49. The Bertz CT molecular complexity index is 381. The van der Waals surface area contributed by atoms with Crippen molar-refractivity contribution in [3.63, 3.8) is 0 Å². The van der Waals surface area contributed by atoms with E-state index in [-0.39, 0.29) is 0 Å². The van der Waals surface area contributed by atoms with E-state index in [0.29, 0.717) is 6.04 Å². The molecule has 2 aromatic heterocycles. The van der Waals surface area contributed by atoms with Crippen LogP contribution >= 0.6 is 0 Å². The number of pyridine rings is 1. The maximum absolute atomic E-state index is 4.10. The number of aromatic nitrogens is 2. The molecular formula is C12H15N3. The van der Waals surface area contributed by atoms with E-state index in [1.165, 1.54) is 11.3 Å². The summed E-state index contributed by atoms with van der Waals surface area (Å²) in [7, 11) is 0. The highest BCUT2D eigenvalue weighted by Crippen LogP contribution is 2.10. The van der Waals surface area contributed by atoms with Gasteiger partial charge in [-0.3, -0.25) is 4.98 Å². The average molecular weight is 201 g/mol. The van der Waals surface area contributed by atoms with Gasteiger partial charge in [0.2, 0.25) is 0 Å². The average Bonchev–Trinajstić information content (AvgIpc) is 2.80. The maximum Gasteiger partial charge on any atom is 0.0362 e. The second kappa shape index (κ2) is 4.75. The lowest BCUT2D eigenvalue weighted by molar-refractivity contribution is 0.567. The first-order valence-electron chi connectivity index (χ1n) is 5.12. The fourth-order valence-electron chi connectivity index (χ4n) is 1.49. The van der Waals surface area contributed by atoms with Crippen molar-refractivity contribution in [2.45, 2.75) is 19.5 Å². The summed E-state index contributed by atoms with van der Waals surface area (Å²) in [4.78, 5) is 7.27. The van der Waals surface area contributed by atoms with E-state index in [0.717, 1.165) is 6.54 Å². The van der Waals surface area contributed by atoms with Gasteiger partial charge in [-0.1, -0.05) is 6.07 Å². The predicted octanol–water partition coefficient (Wildman–Crippen LogP) is 2.26. The quantitative estimate of drug-likeness (QED) is 0.796. The van der Waals surface area contributed by atoms with Crippen molar-refractivity contribution in [2.24, 2.45) is 0 Å². The molecule has 0 amide bonds. The standard InChI is InChI=1S/C12H15N3/c1-10(11-4-2-6-13-8-11)15-9-12-5-3-7-14-12/h2-8,10,14-15H,9H2,1H3/t10-/m1/s1. The van der Waals surface area contributed by atoms with Crippen molar-refractivity contribution < 1.29 is 0 Å². The number of aromatic amines is 1. The largest absolute Gasteiger partial charge is 0.364 e. The van der Waals surface area contributed by atoms with Gasteiger partial charge in [0.1, 0.15) is 0 Å². The number of rotatable bonds is 4. The molecule has 15 heavy (non-hydrogen) atoms. The Morgan fingerprint density at radius 2 is 2.33 bits per heavy atom. The number of nitrogens with zero attached hydrogens (tertiary/aromatic N) is 1. The van der Waals surface area contributed by atoms with Crippen LogP contribution in [0.15, 0.2) is 42.9 Å². The normalized spacial score (nSPS) is 12.6. The molecule has 3 heteroatoms. The smallest absolute Gasteiger partial charge is 0.0362 e. The maximum atomic E-state index is 4.10. The predicted molar refractivity (Wildman–Crippen MR) is 60.3 cm³/mol. The molecule has 2 rings (SSSR count). The van der Waals surface area contributed by atoms with Crippen LogP contribution < -0.4 is 5.32 Å². The van der Waals surface area contributed by atoms with Crippen molar-refractivity contribution >= 4 is 0 Å². The van der Waals surface area contributed by atoms with Gasteiger partial charge in [0.25, 0.3) is 0 Å². The van der Waals surface area contributed by atoms with Gasteiger partial charge in [-0.15, -0.1) is 0 Å². The molecule has 0 spiro atoms. The summed E-state index contributed by atoms with van der Waals surface area (Å²) in [6.07, 6.45) is 5.62. The van der Waals surface area contributed by atoms with Gasteiger partial charge in [-0.2, -0.15) is 0 Å². The van der Waals surface area contributed by atoms with E-state index >= 15 is 0 Å². The third kappa shape index (κ3) is 2.67. The molecule has 0 fully saturated rings. The Morgan fingerprint density at radius 3 is 3.00 bits per heavy atom. The second-order valence-electron chi connectivity index (χ2n) is 3.58. The summed E-state index contributed by atoms with van der Waals surface area (Å²) in [6, 6.07) is 8.44. The Kier molecular flexibility index (Phi) is 3.15. The summed E-state index contributed by atoms with van der Waals surface area (Å²) in [5, 5.41) is 3.43. The number of H-pyrrole nitrogens is 1. The van der Waals surface area contributed by atoms with Crippen LogP contribution in [-0.2, 0) is 6.54 Å². The van der Waals surface area contributed by atoms with Crippen LogP contribution in [0.25, 0.3) is 0 Å². The van der Waals surface area contributed by atoms with Gasteiger partial charge in [-0.05, 0) is 30.7 Å². The molecule has 78 valence electrons. The first-order chi connectivity index (χ1) is 7.36. The van der Waals surface area contributed by atoms with Crippen LogP contribution in [0.4, 0.5) is 0 Å². The minimum absolute atomic E-state index is 0.321. The molecule has 1 atom stereocenters. The van der Waals surface area contributed by atoms with Crippen LogP contribution in [-0.4, -0.2) is 9.97 Å². The topological polar surface area (TPSA) is 40.7 Å². The van der Waals surface area contributed by atoms with Crippen LogP contribution in [0.1, 0.15) is 24.2 Å². The lowest BCUT2D eigenvalue weighted by Crippen LogP contribution is -2.18. The molecule has 0 aliphatic heterocycles. The first-order valence-corrected chi connectivity index (χ1v) is 5.12. The lowest BCUT2D eigenvalue weighted by atomic mass is 10.1. The molecule has 2 N–H and O–H groups in total. The third-order valence-electron chi connectivity index (χ3n) is 2.45. The summed E-state index contributed by atoms with van der Waals surface area (Å²) in [5.74, 6) is 0. The molecule has 0 radical (unpaired) electrons. The van der Waals surface area contributed by atoms with Gasteiger partial charge in [0.05, 0.1) is 0 Å². The van der Waals surface area contributed by atoms with Crippen molar-refractivity contribution in [1.29, 1.82) is 0 Å². The first kappa shape index (κ1) is 9.93. The zero-order valence-electron chi connectivity index (χ0n) is 8.77. The van der Waals surface area contributed by atoms with E-state index < -0.39 is 0 Å². The SMILES string of the molecule is C[C@@H](NCc1ccc[nH]1)c1cccnc1. The molecular weight excluding hydrogens is 186 g/mol. The van der Waals surface area contributed by atoms with Crippen molar-refractivity contribution in [3.05, 3.63) is 54.1 Å². The summed E-state index contributed by atoms with van der Waals surface area (Å²) < 4.78 is 0. The third-order valence-corrected chi connectivity index (χ3v) is 2.45. The number of hydrogen-bond donors (Lipinski definition) is 2. The number of nitrogens with one attached hydrogen (secondary N) is 2. The number of hydrogen-bond acceptors (Lipinski definition) is 2. The van der Waals surface area contributed by atoms with Gasteiger partial charge in [0, 0.05) is 36.9 Å². The highest BCUT2D eigenvalue weighted by molar-refractivity contribution is 5.13. The van der Waals surface area contributed by atoms with E-state index in [2.05, 4.69) is 34.3 Å². The monoisotopic (exact) mass is 201 g/mol. The molecule has 0 unspecified atom stereocenters. The fraction of sp³-hybridized carbons (Fsp3) is 0.250. The van der Waals surface area contributed by atoms with Crippen LogP contribution in [0.3, 0.4) is 0 Å². The second-order valence-corrected chi connectivity index (χ2v) is 3.58. The lowest BCUT2D eigenvalue weighted by Gasteiger charge is -2.12. The van der Waals surface area contributed by atoms with E-state index in [4.69, 9.17) is 0 Å². The summed E-state index contributed by atoms with van der Waals surface area (Å²) >= 11 is 0. The Hall–Kier alpha value is -1.61. The molecule has 3 nitrogen and oxygen atoms in total. The minimum Gasteiger partial charge on any atom is -0.364 e. The van der Waals surface area contributed by atoms with Gasteiger partial charge < -0.3 is 10.3 Å². The van der Waals surface area contributed by atoms with E-state index in [1.54, 1.807) is 6.20 Å². The Morgan fingerprint density at radius 1 is 1.40 bits per heavy atom. The summed E-state index contributed by atoms with van der Waals surface area (Å²) in [6.45, 7) is 2.99.